The average Bonchev–Trinajstić information content (AvgIpc) is 3.21. The van der Waals surface area contributed by atoms with Crippen molar-refractivity contribution in [3.8, 4) is 0 Å². The number of nitrogens with one attached hydrogen (secondary N) is 2. The SMILES string of the molecule is CN=C(NCCCCC1CCCC1)NC1CCN(c2ccccn2)CC1. The van der Waals surface area contributed by atoms with Gasteiger partial charge in [0.05, 0.1) is 0 Å². The molecule has 1 saturated heterocycles. The molecule has 1 aliphatic heterocycles. The number of hydrogen-bond donors (Lipinski definition) is 2. The molecule has 0 radical (unpaired) electrons. The van der Waals surface area contributed by atoms with Crippen LogP contribution in [0.4, 0.5) is 5.82 Å². The van der Waals surface area contributed by atoms with E-state index in [0.29, 0.717) is 6.04 Å². The zero-order valence-electron chi connectivity index (χ0n) is 16.3. The second-order valence-electron chi connectivity index (χ2n) is 7.74. The topological polar surface area (TPSA) is 52.6 Å². The minimum atomic E-state index is 0.500. The molecule has 2 heterocycles. The fourth-order valence-corrected chi connectivity index (χ4v) is 4.25. The molecule has 2 aliphatic rings. The van der Waals surface area contributed by atoms with Crippen molar-refractivity contribution in [2.24, 2.45) is 10.9 Å². The van der Waals surface area contributed by atoms with Crippen LogP contribution in [0.3, 0.4) is 0 Å². The molecule has 3 rings (SSSR count). The van der Waals surface area contributed by atoms with Crippen LogP contribution in [0, 0.1) is 5.92 Å². The van der Waals surface area contributed by atoms with E-state index in [1.54, 1.807) is 0 Å². The molecule has 0 amide bonds. The van der Waals surface area contributed by atoms with Gasteiger partial charge in [-0.25, -0.2) is 4.98 Å². The lowest BCUT2D eigenvalue weighted by Crippen LogP contribution is -2.49. The smallest absolute Gasteiger partial charge is 0.191 e. The maximum Gasteiger partial charge on any atom is 0.191 e. The summed E-state index contributed by atoms with van der Waals surface area (Å²) < 4.78 is 0. The molecule has 0 unspecified atom stereocenters. The normalized spacial score (nSPS) is 19.7. The highest BCUT2D eigenvalue weighted by molar-refractivity contribution is 5.79. The Bertz CT molecular complexity index is 531. The summed E-state index contributed by atoms with van der Waals surface area (Å²) >= 11 is 0. The number of pyridine rings is 1. The van der Waals surface area contributed by atoms with Crippen LogP contribution in [-0.2, 0) is 0 Å². The summed E-state index contributed by atoms with van der Waals surface area (Å²) in [5.74, 6) is 3.06. The van der Waals surface area contributed by atoms with E-state index in [2.05, 4.69) is 37.6 Å². The molecule has 26 heavy (non-hydrogen) atoms. The van der Waals surface area contributed by atoms with E-state index in [1.807, 2.05) is 19.3 Å². The van der Waals surface area contributed by atoms with E-state index < -0.39 is 0 Å². The minimum absolute atomic E-state index is 0.500. The Morgan fingerprint density at radius 2 is 1.96 bits per heavy atom. The van der Waals surface area contributed by atoms with E-state index in [0.717, 1.165) is 50.2 Å². The first-order chi connectivity index (χ1) is 12.8. The van der Waals surface area contributed by atoms with Gasteiger partial charge in [0.2, 0.25) is 0 Å². The van der Waals surface area contributed by atoms with Gasteiger partial charge in [-0.1, -0.05) is 44.6 Å². The number of unbranched alkanes of at least 4 members (excludes halogenated alkanes) is 1. The summed E-state index contributed by atoms with van der Waals surface area (Å²) in [5.41, 5.74) is 0. The lowest BCUT2D eigenvalue weighted by molar-refractivity contribution is 0.455. The van der Waals surface area contributed by atoms with Gasteiger partial charge >= 0.3 is 0 Å². The molecule has 1 aliphatic carbocycles. The molecule has 1 aromatic heterocycles. The average molecular weight is 358 g/mol. The van der Waals surface area contributed by atoms with Gasteiger partial charge < -0.3 is 15.5 Å². The number of aliphatic imine (C=N–C) groups is 1. The molecule has 1 saturated carbocycles. The van der Waals surface area contributed by atoms with Crippen molar-refractivity contribution in [3.63, 3.8) is 0 Å². The Hall–Kier alpha value is -1.78. The highest BCUT2D eigenvalue weighted by atomic mass is 15.2. The second kappa shape index (κ2) is 10.4. The number of hydrogen-bond acceptors (Lipinski definition) is 3. The van der Waals surface area contributed by atoms with Crippen LogP contribution in [0.1, 0.15) is 57.8 Å². The molecule has 5 nitrogen and oxygen atoms in total. The van der Waals surface area contributed by atoms with E-state index >= 15 is 0 Å². The summed E-state index contributed by atoms with van der Waals surface area (Å²) in [6, 6.07) is 6.63. The zero-order chi connectivity index (χ0) is 18.0. The fourth-order valence-electron chi connectivity index (χ4n) is 4.25. The number of anilines is 1. The molecule has 5 heteroatoms. The molecule has 144 valence electrons. The summed E-state index contributed by atoms with van der Waals surface area (Å²) in [4.78, 5) is 11.2. The van der Waals surface area contributed by atoms with Crippen molar-refractivity contribution in [1.29, 1.82) is 0 Å². The predicted molar refractivity (Wildman–Crippen MR) is 110 cm³/mol. The van der Waals surface area contributed by atoms with Crippen molar-refractivity contribution < 1.29 is 0 Å². The van der Waals surface area contributed by atoms with E-state index in [-0.39, 0.29) is 0 Å². The Morgan fingerprint density at radius 3 is 2.65 bits per heavy atom. The van der Waals surface area contributed by atoms with Gasteiger partial charge in [-0.15, -0.1) is 0 Å². The third kappa shape index (κ3) is 5.89. The number of rotatable bonds is 7. The molecule has 0 bridgehead atoms. The van der Waals surface area contributed by atoms with Gasteiger partial charge in [-0.3, -0.25) is 4.99 Å². The van der Waals surface area contributed by atoms with Crippen molar-refractivity contribution in [3.05, 3.63) is 24.4 Å². The van der Waals surface area contributed by atoms with Crippen LogP contribution in [0.5, 0.6) is 0 Å². The Labute approximate surface area is 158 Å². The largest absolute Gasteiger partial charge is 0.356 e. The Kier molecular flexibility index (Phi) is 7.59. The van der Waals surface area contributed by atoms with Gasteiger partial charge in [0.1, 0.15) is 5.82 Å². The summed E-state index contributed by atoms with van der Waals surface area (Å²) in [5, 5.41) is 7.10. The summed E-state index contributed by atoms with van der Waals surface area (Å²) in [7, 11) is 1.87. The van der Waals surface area contributed by atoms with Crippen LogP contribution in [0.2, 0.25) is 0 Å². The quantitative estimate of drug-likeness (QED) is 0.445. The molecular formula is C21H35N5. The Morgan fingerprint density at radius 1 is 1.15 bits per heavy atom. The monoisotopic (exact) mass is 357 g/mol. The predicted octanol–water partition coefficient (Wildman–Crippen LogP) is 3.58. The molecule has 2 fully saturated rings. The molecular weight excluding hydrogens is 322 g/mol. The maximum absolute atomic E-state index is 4.46. The van der Waals surface area contributed by atoms with Crippen molar-refractivity contribution in [1.82, 2.24) is 15.6 Å². The second-order valence-corrected chi connectivity index (χ2v) is 7.74. The highest BCUT2D eigenvalue weighted by Gasteiger charge is 2.20. The van der Waals surface area contributed by atoms with E-state index in [4.69, 9.17) is 0 Å². The van der Waals surface area contributed by atoms with Crippen molar-refractivity contribution in [2.45, 2.75) is 63.8 Å². The summed E-state index contributed by atoms with van der Waals surface area (Å²) in [6.45, 7) is 3.12. The van der Waals surface area contributed by atoms with Gasteiger partial charge in [0, 0.05) is 38.9 Å². The lowest BCUT2D eigenvalue weighted by Gasteiger charge is -2.33. The van der Waals surface area contributed by atoms with E-state index in [1.165, 1.54) is 44.9 Å². The van der Waals surface area contributed by atoms with Gasteiger partial charge in [-0.2, -0.15) is 0 Å². The number of piperidine rings is 1. The fraction of sp³-hybridized carbons (Fsp3) is 0.714. The first kappa shape index (κ1) is 19.0. The third-order valence-electron chi connectivity index (χ3n) is 5.84. The van der Waals surface area contributed by atoms with Gasteiger partial charge in [-0.05, 0) is 37.3 Å². The molecule has 0 atom stereocenters. The zero-order valence-corrected chi connectivity index (χ0v) is 16.3. The van der Waals surface area contributed by atoms with Crippen molar-refractivity contribution >= 4 is 11.8 Å². The summed E-state index contributed by atoms with van der Waals surface area (Å²) in [6.07, 6.45) is 14.0. The number of nitrogens with zero attached hydrogens (tertiary/aromatic N) is 3. The van der Waals surface area contributed by atoms with E-state index in [9.17, 15) is 0 Å². The first-order valence-corrected chi connectivity index (χ1v) is 10.5. The molecule has 2 N–H and O–H groups in total. The number of aromatic nitrogens is 1. The van der Waals surface area contributed by atoms with Gasteiger partial charge in [0.15, 0.2) is 5.96 Å². The van der Waals surface area contributed by atoms with Crippen molar-refractivity contribution in [2.75, 3.05) is 31.6 Å². The van der Waals surface area contributed by atoms with Crippen LogP contribution in [-0.4, -0.2) is 43.7 Å². The van der Waals surface area contributed by atoms with Crippen LogP contribution >= 0.6 is 0 Å². The lowest BCUT2D eigenvalue weighted by atomic mass is 10.0. The van der Waals surface area contributed by atoms with Crippen LogP contribution in [0.15, 0.2) is 29.4 Å². The maximum atomic E-state index is 4.46. The first-order valence-electron chi connectivity index (χ1n) is 10.5. The highest BCUT2D eigenvalue weighted by Crippen LogP contribution is 2.28. The molecule has 1 aromatic rings. The molecule has 0 spiro atoms. The minimum Gasteiger partial charge on any atom is -0.356 e. The number of guanidine groups is 1. The Balaban J connectivity index is 1.30. The standard InChI is InChI=1S/C21H35N5/c1-22-21(24-15-6-4-10-18-8-2-3-9-18)25-19-12-16-26(17-13-19)20-11-5-7-14-23-20/h5,7,11,14,18-19H,2-4,6,8-10,12-13,15-17H2,1H3,(H2,22,24,25). The van der Waals surface area contributed by atoms with Crippen LogP contribution < -0.4 is 15.5 Å². The van der Waals surface area contributed by atoms with Crippen LogP contribution in [0.25, 0.3) is 0 Å². The molecule has 0 aromatic carbocycles. The third-order valence-corrected chi connectivity index (χ3v) is 5.84. The van der Waals surface area contributed by atoms with Gasteiger partial charge in [0.25, 0.3) is 0 Å².